The number of aromatic nitrogens is 3. The van der Waals surface area contributed by atoms with Crippen molar-refractivity contribution in [2.75, 3.05) is 11.9 Å². The molecule has 7 heteroatoms. The van der Waals surface area contributed by atoms with Crippen LogP contribution >= 0.6 is 0 Å². The summed E-state index contributed by atoms with van der Waals surface area (Å²) in [6.45, 7) is 6.45. The van der Waals surface area contributed by atoms with Gasteiger partial charge in [0.1, 0.15) is 11.4 Å². The Labute approximate surface area is 168 Å². The molecular formula is C22H22N4O3. The fourth-order valence-corrected chi connectivity index (χ4v) is 3.18. The van der Waals surface area contributed by atoms with E-state index < -0.39 is 0 Å². The summed E-state index contributed by atoms with van der Waals surface area (Å²) >= 11 is 0. The lowest BCUT2D eigenvalue weighted by Crippen LogP contribution is -2.14. The van der Waals surface area contributed by atoms with E-state index in [0.717, 1.165) is 0 Å². The lowest BCUT2D eigenvalue weighted by Gasteiger charge is -2.13. The minimum absolute atomic E-state index is 0.0986. The Morgan fingerprint density at radius 1 is 1.24 bits per heavy atom. The lowest BCUT2D eigenvalue weighted by atomic mass is 10.1. The molecule has 0 atom stereocenters. The summed E-state index contributed by atoms with van der Waals surface area (Å²) in [4.78, 5) is 17.9. The fraction of sp³-hybridized carbons (Fsp3) is 0.227. The van der Waals surface area contributed by atoms with Gasteiger partial charge in [0.2, 0.25) is 0 Å². The Kier molecular flexibility index (Phi) is 5.03. The van der Waals surface area contributed by atoms with Gasteiger partial charge in [-0.15, -0.1) is 0 Å². The summed E-state index contributed by atoms with van der Waals surface area (Å²) in [7, 11) is 0. The lowest BCUT2D eigenvalue weighted by molar-refractivity contribution is 0.102. The van der Waals surface area contributed by atoms with Gasteiger partial charge in [-0.1, -0.05) is 12.1 Å². The summed E-state index contributed by atoms with van der Waals surface area (Å²) in [6.07, 6.45) is 3.26. The minimum atomic E-state index is -0.263. The van der Waals surface area contributed by atoms with Crippen LogP contribution in [0.2, 0.25) is 0 Å². The van der Waals surface area contributed by atoms with Crippen molar-refractivity contribution in [3.8, 4) is 17.2 Å². The smallest absolute Gasteiger partial charge is 0.256 e. The van der Waals surface area contributed by atoms with E-state index in [1.54, 1.807) is 29.3 Å². The van der Waals surface area contributed by atoms with Crippen LogP contribution in [0, 0.1) is 0 Å². The van der Waals surface area contributed by atoms with Crippen molar-refractivity contribution in [3.05, 3.63) is 60.5 Å². The first-order valence-corrected chi connectivity index (χ1v) is 9.53. The topological polar surface area (TPSA) is 82.2 Å². The molecule has 7 nitrogen and oxygen atoms in total. The highest BCUT2D eigenvalue weighted by Crippen LogP contribution is 2.29. The Hall–Kier alpha value is -3.61. The highest BCUT2D eigenvalue weighted by Gasteiger charge is 2.20. The molecule has 3 heterocycles. The number of nitrogens with one attached hydrogen (secondary N) is 1. The number of nitrogens with zero attached hydrogens (tertiary/aromatic N) is 3. The molecule has 0 spiro atoms. The molecular weight excluding hydrogens is 368 g/mol. The van der Waals surface area contributed by atoms with Gasteiger partial charge >= 0.3 is 0 Å². The fourth-order valence-electron chi connectivity index (χ4n) is 3.18. The molecule has 3 aromatic heterocycles. The first kappa shape index (κ1) is 18.7. The van der Waals surface area contributed by atoms with Gasteiger partial charge in [0, 0.05) is 6.04 Å². The van der Waals surface area contributed by atoms with Crippen LogP contribution in [0.3, 0.4) is 0 Å². The second kappa shape index (κ2) is 7.79. The average Bonchev–Trinajstić information content (AvgIpc) is 3.38. The molecule has 0 aliphatic rings. The Morgan fingerprint density at radius 3 is 2.79 bits per heavy atom. The van der Waals surface area contributed by atoms with E-state index in [1.165, 1.54) is 0 Å². The molecule has 0 unspecified atom stereocenters. The number of furan rings is 1. The van der Waals surface area contributed by atoms with Gasteiger partial charge in [0.25, 0.3) is 5.91 Å². The van der Waals surface area contributed by atoms with Gasteiger partial charge in [-0.3, -0.25) is 4.79 Å². The van der Waals surface area contributed by atoms with Crippen LogP contribution in [0.1, 0.15) is 37.2 Å². The molecule has 0 saturated heterocycles. The number of benzene rings is 1. The van der Waals surface area contributed by atoms with E-state index in [0.29, 0.717) is 46.1 Å². The van der Waals surface area contributed by atoms with E-state index in [-0.39, 0.29) is 11.9 Å². The molecule has 0 saturated carbocycles. The van der Waals surface area contributed by atoms with E-state index in [2.05, 4.69) is 10.4 Å². The van der Waals surface area contributed by atoms with Crippen LogP contribution in [0.5, 0.6) is 5.75 Å². The zero-order valence-electron chi connectivity index (χ0n) is 16.5. The van der Waals surface area contributed by atoms with Crippen LogP contribution in [0.15, 0.2) is 59.3 Å². The highest BCUT2D eigenvalue weighted by molar-refractivity contribution is 6.13. The number of pyridine rings is 1. The normalized spacial score (nSPS) is 11.2. The maximum Gasteiger partial charge on any atom is 0.256 e. The predicted molar refractivity (Wildman–Crippen MR) is 111 cm³/mol. The van der Waals surface area contributed by atoms with Crippen molar-refractivity contribution in [1.29, 1.82) is 0 Å². The molecule has 4 rings (SSSR count). The number of anilines is 1. The molecule has 1 amide bonds. The van der Waals surface area contributed by atoms with Gasteiger partial charge < -0.3 is 14.5 Å². The first-order valence-electron chi connectivity index (χ1n) is 9.53. The van der Waals surface area contributed by atoms with Crippen LogP contribution in [-0.4, -0.2) is 27.3 Å². The monoisotopic (exact) mass is 390 g/mol. The molecule has 0 aliphatic heterocycles. The van der Waals surface area contributed by atoms with Gasteiger partial charge in [-0.2, -0.15) is 5.10 Å². The molecule has 0 aliphatic carbocycles. The molecule has 1 aromatic carbocycles. The number of carbonyl (C=O) groups excluding carboxylic acids is 1. The van der Waals surface area contributed by atoms with Crippen LogP contribution in [-0.2, 0) is 0 Å². The summed E-state index contributed by atoms with van der Waals surface area (Å²) < 4.78 is 12.9. The van der Waals surface area contributed by atoms with Crippen molar-refractivity contribution >= 4 is 22.6 Å². The predicted octanol–water partition coefficient (Wildman–Crippen LogP) is 4.92. The number of fused-ring (bicyclic) bond motifs is 1. The third-order valence-electron chi connectivity index (χ3n) is 4.51. The Balaban J connectivity index is 1.81. The number of carbonyl (C=O) groups is 1. The molecule has 29 heavy (non-hydrogen) atoms. The quantitative estimate of drug-likeness (QED) is 0.505. The first-order chi connectivity index (χ1) is 14.1. The van der Waals surface area contributed by atoms with Crippen LogP contribution < -0.4 is 10.1 Å². The second-order valence-corrected chi connectivity index (χ2v) is 6.84. The third-order valence-corrected chi connectivity index (χ3v) is 4.51. The van der Waals surface area contributed by atoms with Crippen molar-refractivity contribution < 1.29 is 13.9 Å². The largest absolute Gasteiger partial charge is 0.492 e. The van der Waals surface area contributed by atoms with Gasteiger partial charge in [0.15, 0.2) is 11.4 Å². The van der Waals surface area contributed by atoms with E-state index in [9.17, 15) is 4.79 Å². The van der Waals surface area contributed by atoms with Crippen LogP contribution in [0.25, 0.3) is 22.5 Å². The molecule has 4 aromatic rings. The molecule has 0 bridgehead atoms. The van der Waals surface area contributed by atoms with Crippen molar-refractivity contribution in [1.82, 2.24) is 14.8 Å². The van der Waals surface area contributed by atoms with E-state index >= 15 is 0 Å². The van der Waals surface area contributed by atoms with Crippen molar-refractivity contribution in [3.63, 3.8) is 0 Å². The Bertz CT molecular complexity index is 1150. The zero-order valence-corrected chi connectivity index (χ0v) is 16.5. The number of amides is 1. The van der Waals surface area contributed by atoms with Gasteiger partial charge in [-0.05, 0) is 51.1 Å². The van der Waals surface area contributed by atoms with Gasteiger partial charge in [-0.25, -0.2) is 9.67 Å². The third kappa shape index (κ3) is 3.59. The molecule has 148 valence electrons. The minimum Gasteiger partial charge on any atom is -0.492 e. The highest BCUT2D eigenvalue weighted by atomic mass is 16.5. The standard InChI is InChI=1S/C22H22N4O3/c1-4-28-19-9-6-5-8-17(19)25-22(27)15-12-18(20-10-7-11-29-20)24-21-16(15)13-23-26(21)14(2)3/h5-14H,4H2,1-3H3,(H,25,27). The number of rotatable bonds is 6. The van der Waals surface area contributed by atoms with E-state index in [4.69, 9.17) is 14.1 Å². The summed E-state index contributed by atoms with van der Waals surface area (Å²) in [5, 5.41) is 8.07. The maximum absolute atomic E-state index is 13.2. The zero-order chi connectivity index (χ0) is 20.4. The van der Waals surface area contributed by atoms with Crippen LogP contribution in [0.4, 0.5) is 5.69 Å². The van der Waals surface area contributed by atoms with Crippen molar-refractivity contribution in [2.24, 2.45) is 0 Å². The number of para-hydroxylation sites is 2. The number of hydrogen-bond donors (Lipinski definition) is 1. The molecule has 1 N–H and O–H groups in total. The van der Waals surface area contributed by atoms with Gasteiger partial charge in [0.05, 0.1) is 35.7 Å². The maximum atomic E-state index is 13.2. The SMILES string of the molecule is CCOc1ccccc1NC(=O)c1cc(-c2ccco2)nc2c1cnn2C(C)C. The van der Waals surface area contributed by atoms with Crippen molar-refractivity contribution in [2.45, 2.75) is 26.8 Å². The second-order valence-electron chi connectivity index (χ2n) is 6.84. The molecule has 0 radical (unpaired) electrons. The Morgan fingerprint density at radius 2 is 2.07 bits per heavy atom. The summed E-state index contributed by atoms with van der Waals surface area (Å²) in [5.74, 6) is 0.950. The number of hydrogen-bond acceptors (Lipinski definition) is 5. The summed E-state index contributed by atoms with van der Waals surface area (Å²) in [6, 6.07) is 12.8. The molecule has 0 fully saturated rings. The van der Waals surface area contributed by atoms with E-state index in [1.807, 2.05) is 51.1 Å². The summed E-state index contributed by atoms with van der Waals surface area (Å²) in [5.41, 5.74) is 2.30. The average molecular weight is 390 g/mol. The number of ether oxygens (including phenoxy) is 1.